The third-order valence-corrected chi connectivity index (χ3v) is 4.02. The molecule has 7 heteroatoms. The van der Waals surface area contributed by atoms with E-state index in [0.29, 0.717) is 16.9 Å². The fourth-order valence-electron chi connectivity index (χ4n) is 2.96. The average Bonchev–Trinajstić information content (AvgIpc) is 2.98. The van der Waals surface area contributed by atoms with Crippen LogP contribution in [0.2, 0.25) is 0 Å². The summed E-state index contributed by atoms with van der Waals surface area (Å²) in [6.07, 6.45) is 2.87. The van der Waals surface area contributed by atoms with Gasteiger partial charge in [-0.1, -0.05) is 19.1 Å². The number of fused-ring (bicyclic) bond motifs is 3. The molecule has 0 amide bonds. The van der Waals surface area contributed by atoms with E-state index in [2.05, 4.69) is 23.1 Å². The molecule has 0 aliphatic heterocycles. The zero-order valence-corrected chi connectivity index (χ0v) is 14.0. The average molecular weight is 315 g/mol. The first-order chi connectivity index (χ1) is 10.9. The van der Waals surface area contributed by atoms with Gasteiger partial charge in [-0.25, -0.2) is 4.79 Å². The van der Waals surface area contributed by atoms with Crippen LogP contribution in [-0.2, 0) is 20.1 Å². The molecule has 0 aliphatic rings. The van der Waals surface area contributed by atoms with Gasteiger partial charge >= 0.3 is 5.69 Å². The maximum atomic E-state index is 12.8. The normalized spacial score (nSPS) is 11.7. The molecule has 0 fully saturated rings. The van der Waals surface area contributed by atoms with Crippen molar-refractivity contribution < 1.29 is 0 Å². The van der Waals surface area contributed by atoms with Crippen LogP contribution in [0.4, 0.5) is 0 Å². The number of rotatable bonds is 4. The van der Waals surface area contributed by atoms with Gasteiger partial charge in [-0.3, -0.25) is 18.3 Å². The zero-order chi connectivity index (χ0) is 16.9. The van der Waals surface area contributed by atoms with Crippen LogP contribution < -0.4 is 11.2 Å². The van der Waals surface area contributed by atoms with Crippen molar-refractivity contribution >= 4 is 16.9 Å². The maximum absolute atomic E-state index is 12.8. The highest BCUT2D eigenvalue weighted by molar-refractivity contribution is 5.75. The van der Waals surface area contributed by atoms with E-state index < -0.39 is 0 Å². The summed E-state index contributed by atoms with van der Waals surface area (Å²) in [4.78, 5) is 29.8. The van der Waals surface area contributed by atoms with Crippen LogP contribution in [0.1, 0.15) is 26.0 Å². The minimum atomic E-state index is -0.370. The highest BCUT2D eigenvalue weighted by atomic mass is 16.2. The van der Waals surface area contributed by atoms with Crippen molar-refractivity contribution in [3.8, 4) is 0 Å². The van der Waals surface area contributed by atoms with Crippen LogP contribution in [0.25, 0.3) is 16.9 Å². The molecule has 0 saturated heterocycles. The molecule has 0 bridgehead atoms. The Kier molecular flexibility index (Phi) is 3.50. The molecule has 7 nitrogen and oxygen atoms in total. The topological polar surface area (TPSA) is 66.2 Å². The molecule has 0 aromatic carbocycles. The summed E-state index contributed by atoms with van der Waals surface area (Å²) in [5, 5.41) is 0. The smallest absolute Gasteiger partial charge is 0.314 e. The maximum Gasteiger partial charge on any atom is 0.332 e. The summed E-state index contributed by atoms with van der Waals surface area (Å²) < 4.78 is 6.49. The number of nitrogens with zero attached hydrogens (tertiary/aromatic N) is 5. The molecular formula is C16H21N5O2. The largest absolute Gasteiger partial charge is 0.332 e. The summed E-state index contributed by atoms with van der Waals surface area (Å²) in [5.74, 6) is 0.694. The van der Waals surface area contributed by atoms with E-state index in [-0.39, 0.29) is 17.8 Å². The first kappa shape index (κ1) is 15.3. The molecule has 0 saturated carbocycles. The standard InChI is InChI=1S/C16H21N5O2/c1-6-7-19-11(4)9-20-12-13(17-15(19)20)18(5)16(23)21(14(12)22)8-10(2)3/h9H,2,6-8H2,1,3-5H3. The third-order valence-electron chi connectivity index (χ3n) is 4.02. The van der Waals surface area contributed by atoms with Crippen LogP contribution in [0.3, 0.4) is 0 Å². The van der Waals surface area contributed by atoms with Crippen molar-refractivity contribution in [1.29, 1.82) is 0 Å². The summed E-state index contributed by atoms with van der Waals surface area (Å²) in [7, 11) is 1.64. The van der Waals surface area contributed by atoms with Crippen molar-refractivity contribution in [3.63, 3.8) is 0 Å². The second kappa shape index (κ2) is 5.26. The SMILES string of the molecule is C=C(C)Cn1c(=O)c2c(nc3n(CCC)c(C)cn23)n(C)c1=O. The van der Waals surface area contributed by atoms with Crippen molar-refractivity contribution in [2.75, 3.05) is 0 Å². The Balaban J connectivity index is 2.47. The molecule has 23 heavy (non-hydrogen) atoms. The second-order valence-corrected chi connectivity index (χ2v) is 6.07. The molecule has 3 aromatic heterocycles. The highest BCUT2D eigenvalue weighted by Crippen LogP contribution is 2.16. The summed E-state index contributed by atoms with van der Waals surface area (Å²) in [5.41, 5.74) is 1.94. The van der Waals surface area contributed by atoms with Gasteiger partial charge in [0.2, 0.25) is 5.78 Å². The van der Waals surface area contributed by atoms with Crippen molar-refractivity contribution in [1.82, 2.24) is 23.1 Å². The van der Waals surface area contributed by atoms with Gasteiger partial charge in [0.05, 0.1) is 6.54 Å². The number of allylic oxidation sites excluding steroid dienone is 1. The Morgan fingerprint density at radius 3 is 2.61 bits per heavy atom. The van der Waals surface area contributed by atoms with Gasteiger partial charge in [0.25, 0.3) is 5.56 Å². The minimum absolute atomic E-state index is 0.212. The number of aromatic nitrogens is 5. The molecule has 0 atom stereocenters. The number of aryl methyl sites for hydroxylation is 3. The van der Waals surface area contributed by atoms with E-state index in [0.717, 1.165) is 24.2 Å². The predicted octanol–water partition coefficient (Wildman–Crippen LogP) is 1.44. The van der Waals surface area contributed by atoms with Crippen molar-refractivity contribution in [2.45, 2.75) is 40.3 Å². The van der Waals surface area contributed by atoms with Gasteiger partial charge in [0, 0.05) is 25.5 Å². The van der Waals surface area contributed by atoms with Gasteiger partial charge < -0.3 is 4.57 Å². The van der Waals surface area contributed by atoms with Crippen LogP contribution >= 0.6 is 0 Å². The van der Waals surface area contributed by atoms with Crippen molar-refractivity contribution in [2.24, 2.45) is 7.05 Å². The monoisotopic (exact) mass is 315 g/mol. The first-order valence-electron chi connectivity index (χ1n) is 7.69. The van der Waals surface area contributed by atoms with E-state index in [4.69, 9.17) is 0 Å². The Morgan fingerprint density at radius 1 is 1.30 bits per heavy atom. The summed E-state index contributed by atoms with van der Waals surface area (Å²) in [6, 6.07) is 0. The van der Waals surface area contributed by atoms with E-state index in [1.54, 1.807) is 18.4 Å². The molecule has 0 spiro atoms. The molecule has 0 unspecified atom stereocenters. The minimum Gasteiger partial charge on any atom is -0.314 e. The fraction of sp³-hybridized carbons (Fsp3) is 0.438. The van der Waals surface area contributed by atoms with Crippen LogP contribution in [0, 0.1) is 6.92 Å². The van der Waals surface area contributed by atoms with Crippen LogP contribution in [0.15, 0.2) is 27.9 Å². The van der Waals surface area contributed by atoms with Gasteiger partial charge in [-0.05, 0) is 20.3 Å². The zero-order valence-electron chi connectivity index (χ0n) is 14.0. The van der Waals surface area contributed by atoms with Gasteiger partial charge in [0.15, 0.2) is 11.2 Å². The molecule has 3 aromatic rings. The first-order valence-corrected chi connectivity index (χ1v) is 7.69. The second-order valence-electron chi connectivity index (χ2n) is 6.07. The van der Waals surface area contributed by atoms with Crippen molar-refractivity contribution in [3.05, 3.63) is 44.9 Å². The van der Waals surface area contributed by atoms with Gasteiger partial charge in [-0.2, -0.15) is 4.98 Å². The molecule has 3 rings (SSSR count). The Bertz CT molecular complexity index is 1040. The molecule has 0 N–H and O–H groups in total. The lowest BCUT2D eigenvalue weighted by molar-refractivity contribution is 0.650. The number of hydrogen-bond donors (Lipinski definition) is 0. The van der Waals surface area contributed by atoms with E-state index in [1.165, 1.54) is 9.13 Å². The Morgan fingerprint density at radius 2 is 2.00 bits per heavy atom. The quantitative estimate of drug-likeness (QED) is 0.684. The van der Waals surface area contributed by atoms with Crippen LogP contribution in [-0.4, -0.2) is 23.1 Å². The molecule has 122 valence electrons. The molecular weight excluding hydrogens is 294 g/mol. The van der Waals surface area contributed by atoms with E-state index in [1.807, 2.05) is 13.1 Å². The highest BCUT2D eigenvalue weighted by Gasteiger charge is 2.19. The lowest BCUT2D eigenvalue weighted by atomic mass is 10.3. The lowest BCUT2D eigenvalue weighted by Gasteiger charge is -2.07. The van der Waals surface area contributed by atoms with Gasteiger partial charge in [-0.15, -0.1) is 0 Å². The predicted molar refractivity (Wildman–Crippen MR) is 90.0 cm³/mol. The molecule has 3 heterocycles. The molecule has 0 aliphatic carbocycles. The number of hydrogen-bond acceptors (Lipinski definition) is 3. The van der Waals surface area contributed by atoms with Crippen LogP contribution in [0.5, 0.6) is 0 Å². The Labute approximate surface area is 133 Å². The van der Waals surface area contributed by atoms with Gasteiger partial charge in [0.1, 0.15) is 0 Å². The van der Waals surface area contributed by atoms with E-state index in [9.17, 15) is 9.59 Å². The summed E-state index contributed by atoms with van der Waals surface area (Å²) in [6.45, 7) is 10.7. The lowest BCUT2D eigenvalue weighted by Crippen LogP contribution is -2.39. The number of imidazole rings is 2. The molecule has 0 radical (unpaired) electrons. The fourth-order valence-corrected chi connectivity index (χ4v) is 2.96. The summed E-state index contributed by atoms with van der Waals surface area (Å²) >= 11 is 0. The Hall–Kier alpha value is -2.57. The van der Waals surface area contributed by atoms with E-state index >= 15 is 0 Å². The third kappa shape index (κ3) is 2.15.